The van der Waals surface area contributed by atoms with Gasteiger partial charge in [-0.1, -0.05) is 50.1 Å². The number of nitrogens with one attached hydrogen (secondary N) is 1. The SMILES string of the molecule is CCCNC(c1ccc(F)c2ccccc12)C1CCCC1. The van der Waals surface area contributed by atoms with Gasteiger partial charge in [0, 0.05) is 11.4 Å². The Kier molecular flexibility index (Phi) is 4.54. The summed E-state index contributed by atoms with van der Waals surface area (Å²) in [6.45, 7) is 3.22. The lowest BCUT2D eigenvalue weighted by Gasteiger charge is -2.26. The van der Waals surface area contributed by atoms with E-state index in [4.69, 9.17) is 0 Å². The van der Waals surface area contributed by atoms with Crippen molar-refractivity contribution in [1.82, 2.24) is 5.32 Å². The van der Waals surface area contributed by atoms with E-state index in [1.54, 1.807) is 6.07 Å². The van der Waals surface area contributed by atoms with Gasteiger partial charge >= 0.3 is 0 Å². The molecular formula is C19H24FN. The highest BCUT2D eigenvalue weighted by Gasteiger charge is 2.27. The van der Waals surface area contributed by atoms with Crippen molar-refractivity contribution in [3.05, 3.63) is 47.8 Å². The van der Waals surface area contributed by atoms with Crippen LogP contribution in [0.1, 0.15) is 50.6 Å². The largest absolute Gasteiger partial charge is 0.310 e. The molecule has 3 rings (SSSR count). The van der Waals surface area contributed by atoms with Crippen molar-refractivity contribution in [2.75, 3.05) is 6.54 Å². The second-order valence-corrected chi connectivity index (χ2v) is 6.16. The smallest absolute Gasteiger partial charge is 0.131 e. The molecule has 1 N–H and O–H groups in total. The van der Waals surface area contributed by atoms with E-state index in [0.29, 0.717) is 12.0 Å². The summed E-state index contributed by atoms with van der Waals surface area (Å²) in [7, 11) is 0. The van der Waals surface area contributed by atoms with Gasteiger partial charge in [-0.2, -0.15) is 0 Å². The molecule has 0 aliphatic heterocycles. The first-order chi connectivity index (χ1) is 10.3. The van der Waals surface area contributed by atoms with Gasteiger partial charge in [0.15, 0.2) is 0 Å². The van der Waals surface area contributed by atoms with Crippen molar-refractivity contribution in [2.45, 2.75) is 45.1 Å². The maximum Gasteiger partial charge on any atom is 0.131 e. The Morgan fingerprint density at radius 3 is 2.52 bits per heavy atom. The Hall–Kier alpha value is -1.41. The Bertz CT molecular complexity index is 602. The van der Waals surface area contributed by atoms with Crippen molar-refractivity contribution in [2.24, 2.45) is 5.92 Å². The molecule has 0 amide bonds. The van der Waals surface area contributed by atoms with Crippen LogP contribution in [-0.4, -0.2) is 6.54 Å². The van der Waals surface area contributed by atoms with E-state index in [1.807, 2.05) is 24.3 Å². The highest BCUT2D eigenvalue weighted by Crippen LogP contribution is 2.38. The van der Waals surface area contributed by atoms with Gasteiger partial charge in [-0.05, 0) is 48.7 Å². The Morgan fingerprint density at radius 2 is 1.81 bits per heavy atom. The summed E-state index contributed by atoms with van der Waals surface area (Å²) in [5.41, 5.74) is 1.27. The van der Waals surface area contributed by atoms with E-state index in [1.165, 1.54) is 31.2 Å². The predicted molar refractivity (Wildman–Crippen MR) is 86.9 cm³/mol. The quantitative estimate of drug-likeness (QED) is 0.795. The highest BCUT2D eigenvalue weighted by atomic mass is 19.1. The van der Waals surface area contributed by atoms with Gasteiger partial charge in [-0.25, -0.2) is 4.39 Å². The molecule has 112 valence electrons. The van der Waals surface area contributed by atoms with Gasteiger partial charge in [0.2, 0.25) is 0 Å². The van der Waals surface area contributed by atoms with E-state index in [0.717, 1.165) is 23.7 Å². The third-order valence-corrected chi connectivity index (χ3v) is 4.73. The molecule has 21 heavy (non-hydrogen) atoms. The fourth-order valence-corrected chi connectivity index (χ4v) is 3.68. The zero-order chi connectivity index (χ0) is 14.7. The molecule has 0 bridgehead atoms. The molecule has 0 radical (unpaired) electrons. The van der Waals surface area contributed by atoms with Gasteiger partial charge in [-0.3, -0.25) is 0 Å². The van der Waals surface area contributed by atoms with Crippen LogP contribution in [-0.2, 0) is 0 Å². The van der Waals surface area contributed by atoms with E-state index >= 15 is 0 Å². The molecule has 1 aliphatic rings. The van der Waals surface area contributed by atoms with Crippen LogP contribution in [0.4, 0.5) is 4.39 Å². The molecule has 0 saturated heterocycles. The molecular weight excluding hydrogens is 261 g/mol. The van der Waals surface area contributed by atoms with Crippen molar-refractivity contribution in [3.8, 4) is 0 Å². The van der Waals surface area contributed by atoms with Crippen LogP contribution in [0.25, 0.3) is 10.8 Å². The number of hydrogen-bond donors (Lipinski definition) is 1. The Balaban J connectivity index is 2.03. The van der Waals surface area contributed by atoms with Crippen molar-refractivity contribution < 1.29 is 4.39 Å². The highest BCUT2D eigenvalue weighted by molar-refractivity contribution is 5.86. The van der Waals surface area contributed by atoms with Gasteiger partial charge in [0.25, 0.3) is 0 Å². The van der Waals surface area contributed by atoms with Gasteiger partial charge in [0.1, 0.15) is 5.82 Å². The first kappa shape index (κ1) is 14.5. The fraction of sp³-hybridized carbons (Fsp3) is 0.474. The molecule has 1 nitrogen and oxygen atoms in total. The molecule has 1 saturated carbocycles. The molecule has 1 fully saturated rings. The number of benzene rings is 2. The molecule has 0 spiro atoms. The Morgan fingerprint density at radius 1 is 1.10 bits per heavy atom. The lowest BCUT2D eigenvalue weighted by atomic mass is 9.88. The first-order valence-corrected chi connectivity index (χ1v) is 8.21. The number of fused-ring (bicyclic) bond motifs is 1. The standard InChI is InChI=1S/C19H24FN/c1-2-13-21-19(14-7-3-4-8-14)17-11-12-18(20)16-10-6-5-9-15(16)17/h5-6,9-12,14,19,21H,2-4,7-8,13H2,1H3. The zero-order valence-electron chi connectivity index (χ0n) is 12.7. The predicted octanol–water partition coefficient (Wildman–Crippen LogP) is 5.21. The van der Waals surface area contributed by atoms with E-state index < -0.39 is 0 Å². The van der Waals surface area contributed by atoms with Gasteiger partial charge in [-0.15, -0.1) is 0 Å². The van der Waals surface area contributed by atoms with Crippen LogP contribution >= 0.6 is 0 Å². The zero-order valence-corrected chi connectivity index (χ0v) is 12.7. The summed E-state index contributed by atoms with van der Waals surface area (Å²) >= 11 is 0. The van der Waals surface area contributed by atoms with E-state index in [-0.39, 0.29) is 5.82 Å². The fourth-order valence-electron chi connectivity index (χ4n) is 3.68. The molecule has 2 aromatic carbocycles. The summed E-state index contributed by atoms with van der Waals surface area (Å²) < 4.78 is 14.0. The Labute approximate surface area is 126 Å². The normalized spacial score (nSPS) is 17.4. The molecule has 1 aliphatic carbocycles. The monoisotopic (exact) mass is 285 g/mol. The van der Waals surface area contributed by atoms with E-state index in [2.05, 4.69) is 18.3 Å². The van der Waals surface area contributed by atoms with Crippen LogP contribution in [0, 0.1) is 11.7 Å². The molecule has 0 aromatic heterocycles. The lowest BCUT2D eigenvalue weighted by Crippen LogP contribution is -2.28. The summed E-state index contributed by atoms with van der Waals surface area (Å²) in [4.78, 5) is 0. The minimum absolute atomic E-state index is 0.116. The van der Waals surface area contributed by atoms with Crippen LogP contribution in [0.3, 0.4) is 0 Å². The number of rotatable bonds is 5. The first-order valence-electron chi connectivity index (χ1n) is 8.21. The third-order valence-electron chi connectivity index (χ3n) is 4.73. The lowest BCUT2D eigenvalue weighted by molar-refractivity contribution is 0.370. The molecule has 1 atom stereocenters. The molecule has 2 heteroatoms. The second kappa shape index (κ2) is 6.57. The molecule has 1 unspecified atom stereocenters. The molecule has 0 heterocycles. The maximum atomic E-state index is 14.0. The average Bonchev–Trinajstić information content (AvgIpc) is 3.04. The second-order valence-electron chi connectivity index (χ2n) is 6.16. The molecule has 2 aromatic rings. The third kappa shape index (κ3) is 2.96. The van der Waals surface area contributed by atoms with Crippen LogP contribution < -0.4 is 5.32 Å². The summed E-state index contributed by atoms with van der Waals surface area (Å²) in [5, 5.41) is 5.53. The summed E-state index contributed by atoms with van der Waals surface area (Å²) in [6.07, 6.45) is 6.35. The topological polar surface area (TPSA) is 12.0 Å². The van der Waals surface area contributed by atoms with Crippen molar-refractivity contribution in [3.63, 3.8) is 0 Å². The number of halogens is 1. The summed E-state index contributed by atoms with van der Waals surface area (Å²) in [5.74, 6) is 0.570. The van der Waals surface area contributed by atoms with Crippen molar-refractivity contribution in [1.29, 1.82) is 0 Å². The maximum absolute atomic E-state index is 14.0. The van der Waals surface area contributed by atoms with Gasteiger partial charge < -0.3 is 5.32 Å². The minimum Gasteiger partial charge on any atom is -0.310 e. The van der Waals surface area contributed by atoms with Crippen LogP contribution in [0.15, 0.2) is 36.4 Å². The number of hydrogen-bond acceptors (Lipinski definition) is 1. The minimum atomic E-state index is -0.116. The van der Waals surface area contributed by atoms with E-state index in [9.17, 15) is 4.39 Å². The van der Waals surface area contributed by atoms with Crippen LogP contribution in [0.5, 0.6) is 0 Å². The summed E-state index contributed by atoms with van der Waals surface area (Å²) in [6, 6.07) is 11.9. The van der Waals surface area contributed by atoms with Gasteiger partial charge in [0.05, 0.1) is 0 Å². The van der Waals surface area contributed by atoms with Crippen LogP contribution in [0.2, 0.25) is 0 Å². The average molecular weight is 285 g/mol. The van der Waals surface area contributed by atoms with Crippen molar-refractivity contribution >= 4 is 10.8 Å².